The highest BCUT2D eigenvalue weighted by atomic mass is 19.1. The fraction of sp³-hybridized carbons (Fsp3) is 0.533. The molecule has 1 aromatic rings. The molecule has 1 aromatic carbocycles. The van der Waals surface area contributed by atoms with E-state index >= 15 is 0 Å². The number of nitrogens with one attached hydrogen (secondary N) is 1. The second kappa shape index (κ2) is 6.15. The summed E-state index contributed by atoms with van der Waals surface area (Å²) in [5, 5.41) is 3.31. The maximum absolute atomic E-state index is 13.7. The molecule has 0 spiro atoms. The van der Waals surface area contributed by atoms with Crippen LogP contribution in [-0.4, -0.2) is 12.5 Å². The maximum atomic E-state index is 13.7. The molecule has 0 bridgehead atoms. The van der Waals surface area contributed by atoms with E-state index in [0.29, 0.717) is 18.0 Å². The third kappa shape index (κ3) is 3.53. The van der Waals surface area contributed by atoms with Crippen LogP contribution in [0.4, 0.5) is 4.39 Å². The Balaban J connectivity index is 1.87. The van der Waals surface area contributed by atoms with Gasteiger partial charge in [0.05, 0.1) is 0 Å². The van der Waals surface area contributed by atoms with Crippen molar-refractivity contribution in [1.29, 1.82) is 0 Å². The lowest BCUT2D eigenvalue weighted by Gasteiger charge is -2.16. The first kappa shape index (κ1) is 14.0. The van der Waals surface area contributed by atoms with Gasteiger partial charge in [-0.2, -0.15) is 0 Å². The van der Waals surface area contributed by atoms with Crippen LogP contribution in [0.3, 0.4) is 0 Å². The minimum Gasteiger partial charge on any atom is -0.366 e. The Bertz CT molecular complexity index is 461. The highest BCUT2D eigenvalue weighted by Gasteiger charge is 2.22. The van der Waals surface area contributed by atoms with Crippen LogP contribution in [0.1, 0.15) is 42.1 Å². The molecule has 3 N–H and O–H groups in total. The number of rotatable bonds is 5. The summed E-state index contributed by atoms with van der Waals surface area (Å²) in [6.07, 6.45) is 3.86. The van der Waals surface area contributed by atoms with Crippen LogP contribution >= 0.6 is 0 Å². The van der Waals surface area contributed by atoms with Crippen molar-refractivity contribution < 1.29 is 9.18 Å². The zero-order valence-electron chi connectivity index (χ0n) is 11.3. The monoisotopic (exact) mass is 264 g/mol. The smallest absolute Gasteiger partial charge is 0.248 e. The number of benzene rings is 1. The molecule has 1 amide bonds. The second-order valence-corrected chi connectivity index (χ2v) is 5.47. The number of nitrogens with two attached hydrogens (primary N) is 1. The molecule has 1 fully saturated rings. The zero-order valence-corrected chi connectivity index (χ0v) is 11.3. The predicted octanol–water partition coefficient (Wildman–Crippen LogP) is 2.45. The van der Waals surface area contributed by atoms with Gasteiger partial charge in [0.25, 0.3) is 0 Å². The Morgan fingerprint density at radius 3 is 2.84 bits per heavy atom. The molecule has 2 rings (SSSR count). The molecule has 104 valence electrons. The quantitative estimate of drug-likeness (QED) is 0.858. The fourth-order valence-electron chi connectivity index (χ4n) is 2.76. The van der Waals surface area contributed by atoms with Crippen LogP contribution in [0.15, 0.2) is 18.2 Å². The summed E-state index contributed by atoms with van der Waals surface area (Å²) in [5.74, 6) is 0.490. The van der Waals surface area contributed by atoms with Crippen molar-refractivity contribution in [1.82, 2.24) is 5.32 Å². The molecule has 0 aromatic heterocycles. The molecular formula is C15H21FN2O. The van der Waals surface area contributed by atoms with Crippen molar-refractivity contribution in [2.45, 2.75) is 32.7 Å². The Labute approximate surface area is 113 Å². The van der Waals surface area contributed by atoms with Gasteiger partial charge in [0.15, 0.2) is 0 Å². The van der Waals surface area contributed by atoms with E-state index in [9.17, 15) is 9.18 Å². The van der Waals surface area contributed by atoms with E-state index in [2.05, 4.69) is 12.2 Å². The van der Waals surface area contributed by atoms with Crippen molar-refractivity contribution in [3.8, 4) is 0 Å². The number of amides is 1. The van der Waals surface area contributed by atoms with E-state index in [1.807, 2.05) is 0 Å². The molecule has 1 aliphatic rings. The van der Waals surface area contributed by atoms with Crippen molar-refractivity contribution in [3.05, 3.63) is 35.1 Å². The first-order valence-electron chi connectivity index (χ1n) is 6.87. The topological polar surface area (TPSA) is 55.1 Å². The first-order chi connectivity index (χ1) is 9.08. The molecule has 1 saturated carbocycles. The summed E-state index contributed by atoms with van der Waals surface area (Å²) in [4.78, 5) is 10.9. The van der Waals surface area contributed by atoms with Crippen LogP contribution < -0.4 is 11.1 Å². The van der Waals surface area contributed by atoms with Crippen molar-refractivity contribution in [3.63, 3.8) is 0 Å². The standard InChI is InChI=1S/C15H21FN2O/c1-10-3-2-4-12(10)8-18-9-13-6-5-11(15(17)19)7-14(13)16/h5-7,10,12,18H,2-4,8-9H2,1H3,(H2,17,19). The number of carbonyl (C=O) groups is 1. The molecule has 2 unspecified atom stereocenters. The van der Waals surface area contributed by atoms with Gasteiger partial charge in [-0.1, -0.05) is 25.8 Å². The van der Waals surface area contributed by atoms with Crippen LogP contribution in [0, 0.1) is 17.7 Å². The molecule has 3 nitrogen and oxygen atoms in total. The van der Waals surface area contributed by atoms with E-state index in [4.69, 9.17) is 5.73 Å². The third-order valence-electron chi connectivity index (χ3n) is 4.10. The highest BCUT2D eigenvalue weighted by Crippen LogP contribution is 2.30. The molecule has 2 atom stereocenters. The van der Waals surface area contributed by atoms with Gasteiger partial charge in [-0.3, -0.25) is 4.79 Å². The van der Waals surface area contributed by atoms with E-state index < -0.39 is 5.91 Å². The average molecular weight is 264 g/mol. The minimum absolute atomic E-state index is 0.214. The third-order valence-corrected chi connectivity index (χ3v) is 4.10. The summed E-state index contributed by atoms with van der Waals surface area (Å²) >= 11 is 0. The molecule has 0 radical (unpaired) electrons. The first-order valence-corrected chi connectivity index (χ1v) is 6.87. The number of primary amides is 1. The lowest BCUT2D eigenvalue weighted by atomic mass is 9.98. The Hall–Kier alpha value is -1.42. The van der Waals surface area contributed by atoms with Gasteiger partial charge in [-0.05, 0) is 36.9 Å². The van der Waals surface area contributed by atoms with Crippen LogP contribution in [0.2, 0.25) is 0 Å². The van der Waals surface area contributed by atoms with Crippen molar-refractivity contribution in [2.75, 3.05) is 6.54 Å². The summed E-state index contributed by atoms with van der Waals surface area (Å²) in [6, 6.07) is 4.40. The molecule has 19 heavy (non-hydrogen) atoms. The van der Waals surface area contributed by atoms with Crippen molar-refractivity contribution in [2.24, 2.45) is 17.6 Å². The summed E-state index contributed by atoms with van der Waals surface area (Å²) in [5.41, 5.74) is 5.90. The zero-order chi connectivity index (χ0) is 13.8. The molecule has 0 saturated heterocycles. The van der Waals surface area contributed by atoms with Crippen LogP contribution in [-0.2, 0) is 6.54 Å². The minimum atomic E-state index is -0.599. The van der Waals surface area contributed by atoms with E-state index in [1.165, 1.54) is 25.3 Å². The summed E-state index contributed by atoms with van der Waals surface area (Å²) in [7, 11) is 0. The van der Waals surface area contributed by atoms with Gasteiger partial charge in [0.2, 0.25) is 5.91 Å². The largest absolute Gasteiger partial charge is 0.366 e. The Morgan fingerprint density at radius 1 is 1.47 bits per heavy atom. The Morgan fingerprint density at radius 2 is 2.26 bits per heavy atom. The number of carbonyl (C=O) groups excluding carboxylic acids is 1. The fourth-order valence-corrected chi connectivity index (χ4v) is 2.76. The molecule has 1 aliphatic carbocycles. The van der Waals surface area contributed by atoms with E-state index in [0.717, 1.165) is 12.5 Å². The lowest BCUT2D eigenvalue weighted by molar-refractivity contribution is 0.1000. The average Bonchev–Trinajstić information content (AvgIpc) is 2.77. The number of hydrogen-bond donors (Lipinski definition) is 2. The molecule has 0 heterocycles. The van der Waals surface area contributed by atoms with E-state index in [-0.39, 0.29) is 11.4 Å². The molecule has 0 aliphatic heterocycles. The van der Waals surface area contributed by atoms with E-state index in [1.54, 1.807) is 12.1 Å². The second-order valence-electron chi connectivity index (χ2n) is 5.47. The predicted molar refractivity (Wildman–Crippen MR) is 73.1 cm³/mol. The SMILES string of the molecule is CC1CCCC1CNCc1ccc(C(N)=O)cc1F. The van der Waals surface area contributed by atoms with Gasteiger partial charge in [0.1, 0.15) is 5.82 Å². The maximum Gasteiger partial charge on any atom is 0.248 e. The normalized spacial score (nSPS) is 22.6. The molecular weight excluding hydrogens is 243 g/mol. The lowest BCUT2D eigenvalue weighted by Crippen LogP contribution is -2.24. The summed E-state index contributed by atoms with van der Waals surface area (Å²) < 4.78 is 13.7. The number of halogens is 1. The Kier molecular flexibility index (Phi) is 4.53. The number of hydrogen-bond acceptors (Lipinski definition) is 2. The summed E-state index contributed by atoms with van der Waals surface area (Å²) in [6.45, 7) is 3.70. The van der Waals surface area contributed by atoms with Gasteiger partial charge in [0, 0.05) is 17.7 Å². The molecule has 4 heteroatoms. The van der Waals surface area contributed by atoms with Crippen molar-refractivity contribution >= 4 is 5.91 Å². The van der Waals surface area contributed by atoms with Gasteiger partial charge < -0.3 is 11.1 Å². The van der Waals surface area contributed by atoms with Gasteiger partial charge in [-0.25, -0.2) is 4.39 Å². The van der Waals surface area contributed by atoms with Gasteiger partial charge in [-0.15, -0.1) is 0 Å². The van der Waals surface area contributed by atoms with Gasteiger partial charge >= 0.3 is 0 Å². The van der Waals surface area contributed by atoms with Crippen LogP contribution in [0.25, 0.3) is 0 Å². The highest BCUT2D eigenvalue weighted by molar-refractivity contribution is 5.92. The van der Waals surface area contributed by atoms with Crippen LogP contribution in [0.5, 0.6) is 0 Å².